The highest BCUT2D eigenvalue weighted by Gasteiger charge is 2.85. The molecule has 4 unspecified atom stereocenters. The first-order valence-electron chi connectivity index (χ1n) is 14.1. The number of benzene rings is 2. The Bertz CT molecular complexity index is 1580. The van der Waals surface area contributed by atoms with Crippen LogP contribution < -0.4 is 5.32 Å². The van der Waals surface area contributed by atoms with E-state index in [9.17, 15) is 37.1 Å². The maximum Gasteiger partial charge on any atom is 0.471 e. The van der Waals surface area contributed by atoms with E-state index in [0.29, 0.717) is 11.1 Å². The molecule has 1 saturated carbocycles. The van der Waals surface area contributed by atoms with E-state index in [1.807, 2.05) is 60.7 Å². The number of carbonyl (C=O) groups excluding carboxylic acids is 5. The number of hydrogen-bond donors (Lipinski definition) is 1. The van der Waals surface area contributed by atoms with Crippen LogP contribution in [0.3, 0.4) is 0 Å². The third kappa shape index (κ3) is 4.35. The number of ketones is 1. The molecule has 0 radical (unpaired) electrons. The average molecular weight is 675 g/mol. The molecular weight excluding hydrogens is 645 g/mol. The van der Waals surface area contributed by atoms with Gasteiger partial charge in [0, 0.05) is 6.54 Å². The first-order valence-corrected chi connectivity index (χ1v) is 14.9. The van der Waals surface area contributed by atoms with E-state index in [1.165, 1.54) is 0 Å². The topological polar surface area (TPSA) is 110 Å². The van der Waals surface area contributed by atoms with Gasteiger partial charge in [-0.2, -0.15) is 13.2 Å². The van der Waals surface area contributed by atoms with Gasteiger partial charge in [-0.05, 0) is 55.4 Å². The summed E-state index contributed by atoms with van der Waals surface area (Å²) in [4.78, 5) is 67.2. The molecule has 3 amide bonds. The zero-order valence-corrected chi connectivity index (χ0v) is 25.8. The molecule has 5 atom stereocenters. The van der Waals surface area contributed by atoms with E-state index in [0.717, 1.165) is 23.1 Å². The zero-order chi connectivity index (χ0) is 32.2. The molecule has 2 aromatic carbocycles. The van der Waals surface area contributed by atoms with Crippen LogP contribution in [0.15, 0.2) is 60.7 Å². The van der Waals surface area contributed by atoms with Crippen molar-refractivity contribution in [3.63, 3.8) is 0 Å². The second kappa shape index (κ2) is 11.0. The van der Waals surface area contributed by atoms with Crippen molar-refractivity contribution in [3.05, 3.63) is 71.8 Å². The van der Waals surface area contributed by atoms with Gasteiger partial charge in [0.1, 0.15) is 10.4 Å². The fourth-order valence-electron chi connectivity index (χ4n) is 7.32. The van der Waals surface area contributed by atoms with Crippen LogP contribution >= 0.6 is 15.9 Å². The number of hydrogen-bond acceptors (Lipinski definition) is 6. The van der Waals surface area contributed by atoms with Gasteiger partial charge < -0.3 is 10.1 Å². The highest BCUT2D eigenvalue weighted by molar-refractivity contribution is 9.10. The van der Waals surface area contributed by atoms with Gasteiger partial charge >= 0.3 is 18.1 Å². The quantitative estimate of drug-likeness (QED) is 0.179. The van der Waals surface area contributed by atoms with E-state index in [1.54, 1.807) is 19.2 Å². The van der Waals surface area contributed by atoms with E-state index in [2.05, 4.69) is 20.7 Å². The van der Waals surface area contributed by atoms with Crippen molar-refractivity contribution in [2.45, 2.75) is 49.7 Å². The van der Waals surface area contributed by atoms with Crippen molar-refractivity contribution < 1.29 is 41.9 Å². The molecule has 5 rings (SSSR count). The molecule has 2 fully saturated rings. The molecule has 2 bridgehead atoms. The summed E-state index contributed by atoms with van der Waals surface area (Å²) in [7, 11) is 0.989. The summed E-state index contributed by atoms with van der Waals surface area (Å²) in [6.45, 7) is 3.34. The number of methoxy groups -OCH3 is 1. The minimum atomic E-state index is -5.18. The van der Waals surface area contributed by atoms with Crippen molar-refractivity contribution >= 4 is 56.6 Å². The largest absolute Gasteiger partial charge is 0.471 e. The number of alkyl halides is 4. The predicted octanol–water partition coefficient (Wildman–Crippen LogP) is 4.72. The van der Waals surface area contributed by atoms with E-state index in [-0.39, 0.29) is 31.6 Å². The summed E-state index contributed by atoms with van der Waals surface area (Å²) in [6, 6.07) is 17.0. The molecule has 2 aromatic rings. The van der Waals surface area contributed by atoms with E-state index < -0.39 is 57.0 Å². The number of fused-ring (bicyclic) bond motifs is 5. The first kappa shape index (κ1) is 31.6. The maximum atomic E-state index is 14.4. The Labute approximate surface area is 260 Å². The highest BCUT2D eigenvalue weighted by Crippen LogP contribution is 2.77. The number of unbranched alkanes of at least 4 members (excludes halogenated alkanes) is 1. The Hall–Kier alpha value is -3.80. The molecule has 1 saturated heterocycles. The van der Waals surface area contributed by atoms with Crippen LogP contribution in [-0.4, -0.2) is 64.6 Å². The molecule has 44 heavy (non-hydrogen) atoms. The van der Waals surface area contributed by atoms with E-state index in [4.69, 9.17) is 0 Å². The first-order chi connectivity index (χ1) is 20.7. The number of allylic oxidation sites excluding steroid dienone is 2. The molecular formula is C32H30BrF3N2O6. The third-order valence-electron chi connectivity index (χ3n) is 9.27. The minimum absolute atomic E-state index is 0.0885. The second-order valence-corrected chi connectivity index (χ2v) is 12.9. The number of rotatable bonds is 9. The normalized spacial score (nSPS) is 28.4. The van der Waals surface area contributed by atoms with Crippen LogP contribution in [0, 0.1) is 16.7 Å². The van der Waals surface area contributed by atoms with Crippen molar-refractivity contribution in [2.75, 3.05) is 13.7 Å². The van der Waals surface area contributed by atoms with Crippen LogP contribution in [0.5, 0.6) is 0 Å². The van der Waals surface area contributed by atoms with Gasteiger partial charge in [0.05, 0.1) is 23.9 Å². The van der Waals surface area contributed by atoms with E-state index >= 15 is 0 Å². The number of amides is 3. The zero-order valence-electron chi connectivity index (χ0n) is 24.2. The number of nitrogens with zero attached hydrogens (tertiary/aromatic N) is 1. The third-order valence-corrected chi connectivity index (χ3v) is 10.9. The molecule has 0 spiro atoms. The number of carbonyl (C=O) groups is 5. The van der Waals surface area contributed by atoms with Crippen LogP contribution in [0.25, 0.3) is 11.1 Å². The average Bonchev–Trinajstić information content (AvgIpc) is 3.38. The number of Topliss-reactive ketones (excluding diaryl/α,β-unsaturated/α-hetero) is 1. The molecule has 3 aliphatic rings. The summed E-state index contributed by atoms with van der Waals surface area (Å²) in [5, 5.41) is 1.63. The summed E-state index contributed by atoms with van der Waals surface area (Å²) in [5.74, 6) is -5.69. The van der Waals surface area contributed by atoms with Crippen molar-refractivity contribution in [1.29, 1.82) is 0 Å². The van der Waals surface area contributed by atoms with Crippen LogP contribution in [0.4, 0.5) is 13.2 Å². The number of likely N-dealkylation sites (tertiary alicyclic amines) is 1. The standard InChI is InChI=1S/C32H30BrF3N2O6/c1-29-21(18-12-6-4-7-13-18)22(19-14-8-5-9-15-19)30(2,26(29)41)31(33)23(29)24(39)38(28(31)43)17-11-10-16-20(25(40)44-3)37-27(42)32(34,35)36/h4-9,12-15,20,23H,10-11,16-17H2,1-3H3,(H,37,42)/t20-,23?,29?,30?,31?/m0/s1. The van der Waals surface area contributed by atoms with Gasteiger partial charge in [0.15, 0.2) is 5.78 Å². The molecule has 1 N–H and O–H groups in total. The molecule has 12 heteroatoms. The second-order valence-electron chi connectivity index (χ2n) is 11.6. The maximum absolute atomic E-state index is 14.4. The van der Waals surface area contributed by atoms with Gasteiger partial charge in [0.25, 0.3) is 0 Å². The van der Waals surface area contributed by atoms with Crippen molar-refractivity contribution in [3.8, 4) is 0 Å². The molecule has 2 aliphatic carbocycles. The number of imide groups is 1. The molecule has 1 aliphatic heterocycles. The Morgan fingerprint density at radius 1 is 0.955 bits per heavy atom. The van der Waals surface area contributed by atoms with Crippen molar-refractivity contribution in [2.24, 2.45) is 16.7 Å². The van der Waals surface area contributed by atoms with Gasteiger partial charge in [-0.3, -0.25) is 24.1 Å². The van der Waals surface area contributed by atoms with Crippen LogP contribution in [0.1, 0.15) is 44.2 Å². The summed E-state index contributed by atoms with van der Waals surface area (Å²) < 4.78 is 41.2. The van der Waals surface area contributed by atoms with Gasteiger partial charge in [-0.1, -0.05) is 76.6 Å². The SMILES string of the molecule is COC(=O)[C@H](CCCCN1C(=O)C2C3(C)C(=O)C(C)(C(c4ccccc4)=C3c3ccccc3)C2(Br)C1=O)NC(=O)C(F)(F)F. The fraction of sp³-hybridized carbons (Fsp3) is 0.406. The molecule has 8 nitrogen and oxygen atoms in total. The lowest BCUT2D eigenvalue weighted by Gasteiger charge is -2.41. The Morgan fingerprint density at radius 2 is 1.50 bits per heavy atom. The lowest BCUT2D eigenvalue weighted by molar-refractivity contribution is -0.175. The monoisotopic (exact) mass is 674 g/mol. The summed E-state index contributed by atoms with van der Waals surface area (Å²) in [6.07, 6.45) is -5.17. The fourth-order valence-corrected chi connectivity index (χ4v) is 8.57. The summed E-state index contributed by atoms with van der Waals surface area (Å²) in [5.41, 5.74) is 0.156. The Morgan fingerprint density at radius 3 is 2.02 bits per heavy atom. The van der Waals surface area contributed by atoms with Gasteiger partial charge in [-0.25, -0.2) is 4.79 Å². The van der Waals surface area contributed by atoms with Crippen LogP contribution in [-0.2, 0) is 28.7 Å². The Kier molecular flexibility index (Phi) is 7.89. The minimum Gasteiger partial charge on any atom is -0.467 e. The lowest BCUT2D eigenvalue weighted by Crippen LogP contribution is -2.50. The number of nitrogens with one attached hydrogen (secondary N) is 1. The van der Waals surface area contributed by atoms with Gasteiger partial charge in [0.2, 0.25) is 11.8 Å². The van der Waals surface area contributed by atoms with Gasteiger partial charge in [-0.15, -0.1) is 0 Å². The summed E-state index contributed by atoms with van der Waals surface area (Å²) >= 11 is 3.67. The molecule has 0 aromatic heterocycles. The molecule has 1 heterocycles. The Balaban J connectivity index is 1.45. The highest BCUT2D eigenvalue weighted by atomic mass is 79.9. The van der Waals surface area contributed by atoms with Crippen LogP contribution in [0.2, 0.25) is 0 Å². The number of ether oxygens (including phenoxy) is 1. The lowest BCUT2D eigenvalue weighted by atomic mass is 9.63. The molecule has 232 valence electrons. The number of esters is 1. The predicted molar refractivity (Wildman–Crippen MR) is 157 cm³/mol. The number of halogens is 4. The smallest absolute Gasteiger partial charge is 0.467 e. The van der Waals surface area contributed by atoms with Crippen molar-refractivity contribution in [1.82, 2.24) is 10.2 Å².